The third kappa shape index (κ3) is 3.01. The van der Waals surface area contributed by atoms with Gasteiger partial charge < -0.3 is 5.32 Å². The molecule has 0 heterocycles. The molecule has 2 saturated carbocycles. The molecule has 108 valence electrons. The predicted molar refractivity (Wildman–Crippen MR) is 81.6 cm³/mol. The van der Waals surface area contributed by atoms with Gasteiger partial charge >= 0.3 is 0 Å². The molecule has 2 aliphatic carbocycles. The van der Waals surface area contributed by atoms with Crippen molar-refractivity contribution in [2.75, 3.05) is 5.88 Å². The number of nitrogens with one attached hydrogen (secondary N) is 1. The highest BCUT2D eigenvalue weighted by Gasteiger charge is 2.40. The summed E-state index contributed by atoms with van der Waals surface area (Å²) in [7, 11) is 0. The standard InChI is InChI=1S/C17H22ClNO/c18-11-16(13-4-2-1-3-5-13)19-17(20)10-15-9-12-6-7-14(15)8-12/h1-5,12,14-16H,6-11H2,(H,19,20). The van der Waals surface area contributed by atoms with Gasteiger partial charge in [0.2, 0.25) is 5.91 Å². The average Bonchev–Trinajstić information content (AvgIpc) is 3.08. The predicted octanol–water partition coefficient (Wildman–Crippen LogP) is 3.91. The largest absolute Gasteiger partial charge is 0.348 e. The zero-order chi connectivity index (χ0) is 13.9. The SMILES string of the molecule is O=C(CC1CC2CCC1C2)NC(CCl)c1ccccc1. The Bertz CT molecular complexity index is 461. The van der Waals surface area contributed by atoms with Crippen LogP contribution in [0, 0.1) is 17.8 Å². The van der Waals surface area contributed by atoms with Crippen LogP contribution in [0.4, 0.5) is 0 Å². The lowest BCUT2D eigenvalue weighted by Gasteiger charge is -2.23. The Hall–Kier alpha value is -1.02. The highest BCUT2D eigenvalue weighted by molar-refractivity contribution is 6.18. The van der Waals surface area contributed by atoms with Crippen molar-refractivity contribution in [1.82, 2.24) is 5.32 Å². The summed E-state index contributed by atoms with van der Waals surface area (Å²) in [5.74, 6) is 2.90. The van der Waals surface area contributed by atoms with Crippen molar-refractivity contribution in [1.29, 1.82) is 0 Å². The summed E-state index contributed by atoms with van der Waals surface area (Å²) in [6.07, 6.45) is 6.02. The number of halogens is 1. The highest BCUT2D eigenvalue weighted by Crippen LogP contribution is 2.49. The van der Waals surface area contributed by atoms with Crippen molar-refractivity contribution in [2.45, 2.75) is 38.1 Å². The molecule has 4 atom stereocenters. The number of fused-ring (bicyclic) bond motifs is 2. The molecule has 4 unspecified atom stereocenters. The van der Waals surface area contributed by atoms with Crippen LogP contribution in [0.25, 0.3) is 0 Å². The quantitative estimate of drug-likeness (QED) is 0.819. The smallest absolute Gasteiger partial charge is 0.220 e. The van der Waals surface area contributed by atoms with Crippen molar-refractivity contribution in [2.24, 2.45) is 17.8 Å². The molecular formula is C17H22ClNO. The number of amides is 1. The van der Waals surface area contributed by atoms with Crippen LogP contribution in [-0.4, -0.2) is 11.8 Å². The minimum atomic E-state index is -0.0658. The van der Waals surface area contributed by atoms with Crippen molar-refractivity contribution < 1.29 is 4.79 Å². The maximum Gasteiger partial charge on any atom is 0.220 e. The second kappa shape index (κ2) is 6.17. The molecule has 2 nitrogen and oxygen atoms in total. The van der Waals surface area contributed by atoms with E-state index in [1.165, 1.54) is 25.7 Å². The molecular weight excluding hydrogens is 270 g/mol. The Morgan fingerprint density at radius 2 is 2.05 bits per heavy atom. The first-order chi connectivity index (χ1) is 9.76. The Morgan fingerprint density at radius 3 is 2.65 bits per heavy atom. The molecule has 1 aromatic carbocycles. The van der Waals surface area contributed by atoms with Crippen molar-refractivity contribution in [3.63, 3.8) is 0 Å². The van der Waals surface area contributed by atoms with E-state index in [-0.39, 0.29) is 11.9 Å². The first-order valence-corrected chi connectivity index (χ1v) is 8.20. The number of carbonyl (C=O) groups is 1. The zero-order valence-electron chi connectivity index (χ0n) is 11.7. The van der Waals surface area contributed by atoms with E-state index < -0.39 is 0 Å². The van der Waals surface area contributed by atoms with Gasteiger partial charge in [-0.25, -0.2) is 0 Å². The average molecular weight is 292 g/mol. The Labute approximate surface area is 125 Å². The number of alkyl halides is 1. The van der Waals surface area contributed by atoms with Gasteiger partial charge in [0.15, 0.2) is 0 Å². The fraction of sp³-hybridized carbons (Fsp3) is 0.588. The highest BCUT2D eigenvalue weighted by atomic mass is 35.5. The van der Waals surface area contributed by atoms with Crippen LogP contribution in [0.1, 0.15) is 43.7 Å². The van der Waals surface area contributed by atoms with E-state index in [2.05, 4.69) is 5.32 Å². The Balaban J connectivity index is 1.55. The fourth-order valence-electron chi connectivity index (χ4n) is 4.01. The normalized spacial score (nSPS) is 29.4. The summed E-state index contributed by atoms with van der Waals surface area (Å²) in [6, 6.07) is 9.92. The molecule has 0 spiro atoms. The second-order valence-electron chi connectivity index (χ2n) is 6.32. The van der Waals surface area contributed by atoms with Gasteiger partial charge in [0, 0.05) is 12.3 Å². The van der Waals surface area contributed by atoms with Crippen LogP contribution in [0.5, 0.6) is 0 Å². The lowest BCUT2D eigenvalue weighted by Crippen LogP contribution is -2.31. The first-order valence-electron chi connectivity index (χ1n) is 7.66. The molecule has 3 rings (SSSR count). The van der Waals surface area contributed by atoms with Crippen LogP contribution in [0.2, 0.25) is 0 Å². The number of hydrogen-bond donors (Lipinski definition) is 1. The number of carbonyl (C=O) groups excluding carboxylic acids is 1. The molecule has 2 bridgehead atoms. The summed E-state index contributed by atoms with van der Waals surface area (Å²) < 4.78 is 0. The monoisotopic (exact) mass is 291 g/mol. The molecule has 20 heavy (non-hydrogen) atoms. The molecule has 1 amide bonds. The fourth-order valence-corrected chi connectivity index (χ4v) is 4.27. The third-order valence-corrected chi connectivity index (χ3v) is 5.33. The van der Waals surface area contributed by atoms with E-state index in [1.54, 1.807) is 0 Å². The van der Waals surface area contributed by atoms with Gasteiger partial charge in [0.05, 0.1) is 6.04 Å². The molecule has 1 N–H and O–H groups in total. The molecule has 0 radical (unpaired) electrons. The van der Waals surface area contributed by atoms with Crippen LogP contribution >= 0.6 is 11.6 Å². The molecule has 0 aromatic heterocycles. The first kappa shape index (κ1) is 13.9. The minimum absolute atomic E-state index is 0.0658. The van der Waals surface area contributed by atoms with E-state index in [1.807, 2.05) is 30.3 Å². The Kier molecular flexibility index (Phi) is 4.30. The van der Waals surface area contributed by atoms with Crippen LogP contribution in [-0.2, 0) is 4.79 Å². The lowest BCUT2D eigenvalue weighted by molar-refractivity contribution is -0.123. The van der Waals surface area contributed by atoms with Crippen molar-refractivity contribution >= 4 is 17.5 Å². The summed E-state index contributed by atoms with van der Waals surface area (Å²) >= 11 is 6.01. The molecule has 0 saturated heterocycles. The van der Waals surface area contributed by atoms with Gasteiger partial charge in [-0.2, -0.15) is 0 Å². The summed E-state index contributed by atoms with van der Waals surface area (Å²) in [5.41, 5.74) is 1.09. The van der Waals surface area contributed by atoms with Crippen molar-refractivity contribution in [3.8, 4) is 0 Å². The van der Waals surface area contributed by atoms with Gasteiger partial charge in [-0.3, -0.25) is 4.79 Å². The second-order valence-corrected chi connectivity index (χ2v) is 6.63. The van der Waals surface area contributed by atoms with Gasteiger partial charge in [-0.15, -0.1) is 11.6 Å². The third-order valence-electron chi connectivity index (χ3n) is 5.02. The molecule has 3 heteroatoms. The van der Waals surface area contributed by atoms with Gasteiger partial charge in [0.1, 0.15) is 0 Å². The summed E-state index contributed by atoms with van der Waals surface area (Å²) in [6.45, 7) is 0. The maximum absolute atomic E-state index is 12.2. The summed E-state index contributed by atoms with van der Waals surface area (Å²) in [4.78, 5) is 12.2. The topological polar surface area (TPSA) is 29.1 Å². The van der Waals surface area contributed by atoms with Gasteiger partial charge in [0.25, 0.3) is 0 Å². The lowest BCUT2D eigenvalue weighted by atomic mass is 9.86. The zero-order valence-corrected chi connectivity index (χ0v) is 12.5. The van der Waals surface area contributed by atoms with Gasteiger partial charge in [-0.1, -0.05) is 36.8 Å². The van der Waals surface area contributed by atoms with E-state index in [4.69, 9.17) is 11.6 Å². The van der Waals surface area contributed by atoms with E-state index >= 15 is 0 Å². The minimum Gasteiger partial charge on any atom is -0.348 e. The van der Waals surface area contributed by atoms with E-state index in [0.717, 1.165) is 17.4 Å². The van der Waals surface area contributed by atoms with Crippen molar-refractivity contribution in [3.05, 3.63) is 35.9 Å². The number of rotatable bonds is 5. The van der Waals surface area contributed by atoms with Crippen LogP contribution in [0.15, 0.2) is 30.3 Å². The van der Waals surface area contributed by atoms with Crippen LogP contribution < -0.4 is 5.32 Å². The Morgan fingerprint density at radius 1 is 1.25 bits per heavy atom. The molecule has 1 aromatic rings. The molecule has 0 aliphatic heterocycles. The summed E-state index contributed by atoms with van der Waals surface area (Å²) in [5, 5.41) is 3.10. The van der Waals surface area contributed by atoms with E-state index in [0.29, 0.717) is 18.2 Å². The number of benzene rings is 1. The molecule has 2 aliphatic rings. The van der Waals surface area contributed by atoms with E-state index in [9.17, 15) is 4.79 Å². The van der Waals surface area contributed by atoms with Crippen LogP contribution in [0.3, 0.4) is 0 Å². The molecule has 2 fully saturated rings. The maximum atomic E-state index is 12.2. The van der Waals surface area contributed by atoms with Gasteiger partial charge in [-0.05, 0) is 42.6 Å². The number of hydrogen-bond acceptors (Lipinski definition) is 1.